The topological polar surface area (TPSA) is 67.1 Å². The van der Waals surface area contributed by atoms with E-state index in [0.29, 0.717) is 24.0 Å². The zero-order valence-electron chi connectivity index (χ0n) is 13.5. The van der Waals surface area contributed by atoms with Gasteiger partial charge in [0, 0.05) is 29.1 Å². The minimum absolute atomic E-state index is 0.184. The molecule has 1 fully saturated rings. The van der Waals surface area contributed by atoms with Crippen LogP contribution in [-0.4, -0.2) is 44.2 Å². The monoisotopic (exact) mass is 379 g/mol. The van der Waals surface area contributed by atoms with Gasteiger partial charge in [0.15, 0.2) is 5.88 Å². The fraction of sp³-hybridized carbons (Fsp3) is 0.294. The summed E-state index contributed by atoms with van der Waals surface area (Å²) in [6.07, 6.45) is 1.49. The number of morpholine rings is 1. The Hall–Kier alpha value is -1.96. The number of rotatable bonds is 6. The number of hydrogen-bond donors (Lipinski definition) is 1. The van der Waals surface area contributed by atoms with E-state index in [0.717, 1.165) is 23.9 Å². The average molecular weight is 380 g/mol. The minimum atomic E-state index is -0.184. The van der Waals surface area contributed by atoms with E-state index in [-0.39, 0.29) is 11.7 Å². The first-order valence-electron chi connectivity index (χ1n) is 7.83. The third-order valence-electron chi connectivity index (χ3n) is 3.50. The van der Waals surface area contributed by atoms with Crippen LogP contribution < -0.4 is 10.3 Å². The van der Waals surface area contributed by atoms with Gasteiger partial charge in [-0.3, -0.25) is 4.79 Å². The van der Waals surface area contributed by atoms with Crippen LogP contribution in [0, 0.1) is 0 Å². The molecule has 8 heteroatoms. The maximum absolute atomic E-state index is 11.8. The van der Waals surface area contributed by atoms with E-state index in [1.54, 1.807) is 12.1 Å². The van der Waals surface area contributed by atoms with Gasteiger partial charge in [-0.25, -0.2) is 5.43 Å². The molecular weight excluding hydrogens is 362 g/mol. The average Bonchev–Trinajstić information content (AvgIpc) is 3.11. The van der Waals surface area contributed by atoms with Crippen LogP contribution in [0.3, 0.4) is 0 Å². The van der Waals surface area contributed by atoms with Crippen molar-refractivity contribution in [3.63, 3.8) is 0 Å². The lowest BCUT2D eigenvalue weighted by Gasteiger charge is -2.26. The molecule has 2 aromatic rings. The first-order valence-corrected chi connectivity index (χ1v) is 9.20. The van der Waals surface area contributed by atoms with Gasteiger partial charge in [-0.2, -0.15) is 5.10 Å². The summed E-state index contributed by atoms with van der Waals surface area (Å²) in [6.45, 7) is 3.02. The van der Waals surface area contributed by atoms with Crippen LogP contribution in [0.25, 0.3) is 0 Å². The third kappa shape index (κ3) is 5.52. The van der Waals surface area contributed by atoms with E-state index in [1.165, 1.54) is 18.0 Å². The number of nitrogens with one attached hydrogen (secondary N) is 1. The van der Waals surface area contributed by atoms with Gasteiger partial charge in [-0.1, -0.05) is 11.6 Å². The van der Waals surface area contributed by atoms with Crippen molar-refractivity contribution in [1.29, 1.82) is 0 Å². The Morgan fingerprint density at radius 1 is 1.24 bits per heavy atom. The molecule has 0 spiro atoms. The molecular formula is C17H18ClN3O3S. The van der Waals surface area contributed by atoms with Crippen molar-refractivity contribution < 1.29 is 13.9 Å². The molecule has 0 radical (unpaired) electrons. The number of nitrogens with zero attached hydrogens (tertiary/aromatic N) is 2. The van der Waals surface area contributed by atoms with Crippen molar-refractivity contribution in [3.05, 3.63) is 47.2 Å². The highest BCUT2D eigenvalue weighted by Gasteiger charge is 2.14. The molecule has 2 heterocycles. The zero-order valence-corrected chi connectivity index (χ0v) is 15.1. The molecule has 0 aliphatic carbocycles. The number of hydrazone groups is 1. The highest BCUT2D eigenvalue weighted by Crippen LogP contribution is 2.20. The highest BCUT2D eigenvalue weighted by molar-refractivity contribution is 8.00. The van der Waals surface area contributed by atoms with E-state index in [9.17, 15) is 4.79 Å². The Labute approximate surface area is 155 Å². The van der Waals surface area contributed by atoms with E-state index < -0.39 is 0 Å². The van der Waals surface area contributed by atoms with Crippen molar-refractivity contribution in [2.45, 2.75) is 4.90 Å². The van der Waals surface area contributed by atoms with E-state index in [1.807, 2.05) is 24.3 Å². The first kappa shape index (κ1) is 17.8. The molecule has 3 rings (SSSR count). The maximum Gasteiger partial charge on any atom is 0.250 e. The first-order chi connectivity index (χ1) is 12.2. The standard InChI is InChI=1S/C17H18ClN3O3S/c18-13-1-4-15(5-2-13)25-12-16(22)20-19-11-14-3-6-17(24-14)21-7-9-23-10-8-21/h1-6,11H,7-10,12H2,(H,20,22)/b19-11-. The number of anilines is 1. The second-order valence-corrected chi connectivity index (χ2v) is 6.80. The largest absolute Gasteiger partial charge is 0.440 e. The molecule has 1 aromatic carbocycles. The summed E-state index contributed by atoms with van der Waals surface area (Å²) in [6, 6.07) is 11.1. The van der Waals surface area contributed by atoms with Crippen LogP contribution in [0.2, 0.25) is 5.02 Å². The fourth-order valence-corrected chi connectivity index (χ4v) is 3.06. The molecule has 1 saturated heterocycles. The normalized spacial score (nSPS) is 14.8. The number of carbonyl (C=O) groups excluding carboxylic acids is 1. The lowest BCUT2D eigenvalue weighted by atomic mass is 10.4. The quantitative estimate of drug-likeness (QED) is 0.474. The third-order valence-corrected chi connectivity index (χ3v) is 4.76. The van der Waals surface area contributed by atoms with Gasteiger partial charge in [-0.05, 0) is 30.3 Å². The predicted octanol–water partition coefficient (Wildman–Crippen LogP) is 3.01. The summed E-state index contributed by atoms with van der Waals surface area (Å²) in [7, 11) is 0. The number of benzene rings is 1. The molecule has 1 amide bonds. The van der Waals surface area contributed by atoms with Crippen LogP contribution in [0.5, 0.6) is 0 Å². The van der Waals surface area contributed by atoms with Crippen molar-refractivity contribution in [1.82, 2.24) is 5.43 Å². The number of furan rings is 1. The molecule has 1 N–H and O–H groups in total. The second-order valence-electron chi connectivity index (χ2n) is 5.31. The van der Waals surface area contributed by atoms with Crippen LogP contribution in [0.4, 0.5) is 5.88 Å². The zero-order chi connectivity index (χ0) is 17.5. The smallest absolute Gasteiger partial charge is 0.250 e. The summed E-state index contributed by atoms with van der Waals surface area (Å²) in [4.78, 5) is 14.9. The molecule has 0 bridgehead atoms. The molecule has 132 valence electrons. The number of amides is 1. The lowest BCUT2D eigenvalue weighted by Crippen LogP contribution is -2.35. The molecule has 0 saturated carbocycles. The molecule has 1 aliphatic heterocycles. The Kier molecular flexibility index (Phi) is 6.38. The Morgan fingerprint density at radius 2 is 2.00 bits per heavy atom. The van der Waals surface area contributed by atoms with E-state index >= 15 is 0 Å². The number of thioether (sulfide) groups is 1. The van der Waals surface area contributed by atoms with Gasteiger partial charge in [0.2, 0.25) is 5.91 Å². The second kappa shape index (κ2) is 8.94. The fourth-order valence-electron chi connectivity index (χ4n) is 2.25. The van der Waals surface area contributed by atoms with Crippen molar-refractivity contribution >= 4 is 41.4 Å². The van der Waals surface area contributed by atoms with Crippen LogP contribution in [0.1, 0.15) is 5.76 Å². The van der Waals surface area contributed by atoms with Gasteiger partial charge in [0.25, 0.3) is 0 Å². The van der Waals surface area contributed by atoms with Crippen LogP contribution in [-0.2, 0) is 9.53 Å². The van der Waals surface area contributed by atoms with E-state index in [4.69, 9.17) is 20.8 Å². The summed E-state index contributed by atoms with van der Waals surface area (Å²) in [5.74, 6) is 1.47. The van der Waals surface area contributed by atoms with E-state index in [2.05, 4.69) is 15.4 Å². The summed E-state index contributed by atoms with van der Waals surface area (Å²) < 4.78 is 11.0. The molecule has 0 unspecified atom stereocenters. The molecule has 1 aromatic heterocycles. The van der Waals surface area contributed by atoms with Crippen LogP contribution in [0.15, 0.2) is 50.8 Å². The van der Waals surface area contributed by atoms with Crippen molar-refractivity contribution in [2.24, 2.45) is 5.10 Å². The Balaban J connectivity index is 1.43. The maximum atomic E-state index is 11.8. The lowest BCUT2D eigenvalue weighted by molar-refractivity contribution is -0.118. The number of ether oxygens (including phenoxy) is 1. The number of carbonyl (C=O) groups is 1. The SMILES string of the molecule is O=C(CSc1ccc(Cl)cc1)N/N=C\c1ccc(N2CCOCC2)o1. The predicted molar refractivity (Wildman–Crippen MR) is 99.7 cm³/mol. The van der Waals surface area contributed by atoms with Crippen molar-refractivity contribution in [2.75, 3.05) is 37.0 Å². The number of hydrogen-bond acceptors (Lipinski definition) is 6. The van der Waals surface area contributed by atoms with Crippen molar-refractivity contribution in [3.8, 4) is 0 Å². The Bertz CT molecular complexity index is 727. The van der Waals surface area contributed by atoms with Gasteiger partial charge < -0.3 is 14.1 Å². The summed E-state index contributed by atoms with van der Waals surface area (Å²) >= 11 is 7.25. The van der Waals surface area contributed by atoms with Gasteiger partial charge in [0.05, 0.1) is 25.2 Å². The van der Waals surface area contributed by atoms with Crippen LogP contribution >= 0.6 is 23.4 Å². The summed E-state index contributed by atoms with van der Waals surface area (Å²) in [5.41, 5.74) is 2.49. The summed E-state index contributed by atoms with van der Waals surface area (Å²) in [5, 5.41) is 4.60. The van der Waals surface area contributed by atoms with Gasteiger partial charge in [-0.15, -0.1) is 11.8 Å². The highest BCUT2D eigenvalue weighted by atomic mass is 35.5. The Morgan fingerprint density at radius 3 is 2.76 bits per heavy atom. The molecule has 1 aliphatic rings. The molecule has 0 atom stereocenters. The molecule has 25 heavy (non-hydrogen) atoms. The number of halogens is 1. The van der Waals surface area contributed by atoms with Gasteiger partial charge >= 0.3 is 0 Å². The minimum Gasteiger partial charge on any atom is -0.440 e. The molecule has 6 nitrogen and oxygen atoms in total. The van der Waals surface area contributed by atoms with Gasteiger partial charge in [0.1, 0.15) is 5.76 Å².